The standard InChI is InChI=1S/H2O2SSe/c1-3(2)4/h3H,(H,1,2,4). The van der Waals surface area contributed by atoms with E-state index in [4.69, 9.17) is 8.76 Å². The number of hydrogen-bond donors (Lipinski definition) is 2. The van der Waals surface area contributed by atoms with Crippen molar-refractivity contribution in [3.05, 3.63) is 0 Å². The topological polar surface area (TPSA) is 37.3 Å². The summed E-state index contributed by atoms with van der Waals surface area (Å²) >= 11 is 1.97. The summed E-state index contributed by atoms with van der Waals surface area (Å²) in [5.74, 6) is 0. The first-order chi connectivity index (χ1) is 1.73. The molecular weight excluding hydrogens is 143 g/mol. The van der Waals surface area contributed by atoms with Crippen LogP contribution in [0.1, 0.15) is 0 Å². The van der Waals surface area contributed by atoms with Crippen molar-refractivity contribution in [2.24, 2.45) is 0 Å². The van der Waals surface area contributed by atoms with Gasteiger partial charge in [0.05, 0.1) is 0 Å². The van der Waals surface area contributed by atoms with Gasteiger partial charge in [-0.3, -0.25) is 0 Å². The number of thiol groups is 1. The Labute approximate surface area is 32.8 Å². The Kier molecular flexibility index (Phi) is 2.20. The van der Waals surface area contributed by atoms with Crippen molar-refractivity contribution in [2.45, 2.75) is 0 Å². The van der Waals surface area contributed by atoms with Crippen molar-refractivity contribution in [1.82, 2.24) is 0 Å². The van der Waals surface area contributed by atoms with Crippen LogP contribution in [-0.2, 0) is 9.00 Å². The zero-order chi connectivity index (χ0) is 3.58. The molecule has 0 fully saturated rings. The van der Waals surface area contributed by atoms with Crippen LogP contribution < -0.4 is 0 Å². The Morgan fingerprint density at radius 2 is 2.00 bits per heavy atom. The minimum absolute atomic E-state index is 1.97. The molecule has 0 aromatic heterocycles. The van der Waals surface area contributed by atoms with Gasteiger partial charge in [-0.15, -0.1) is 0 Å². The van der Waals surface area contributed by atoms with Crippen molar-refractivity contribution >= 4 is 23.4 Å². The second kappa shape index (κ2) is 1.91. The summed E-state index contributed by atoms with van der Waals surface area (Å²) < 4.78 is 16.6. The molecule has 0 aliphatic carbocycles. The summed E-state index contributed by atoms with van der Waals surface area (Å²) in [6, 6.07) is 0. The van der Waals surface area contributed by atoms with Gasteiger partial charge in [-0.2, -0.15) is 0 Å². The summed E-state index contributed by atoms with van der Waals surface area (Å²) in [4.78, 5) is 0. The normalized spacial score (nSPS) is 15.2. The van der Waals surface area contributed by atoms with Crippen LogP contribution in [0.2, 0.25) is 0 Å². The SMILES string of the molecule is O=[SH](O)=[Se]. The van der Waals surface area contributed by atoms with E-state index in [2.05, 4.69) is 0 Å². The molecule has 0 bridgehead atoms. The zero-order valence-corrected chi connectivity index (χ0v) is 4.32. The van der Waals surface area contributed by atoms with Crippen LogP contribution in [0.25, 0.3) is 0 Å². The fraction of sp³-hybridized carbons (Fsp3) is 0. The van der Waals surface area contributed by atoms with Crippen LogP contribution in [0.15, 0.2) is 0 Å². The van der Waals surface area contributed by atoms with Crippen molar-refractivity contribution in [3.8, 4) is 0 Å². The molecule has 0 saturated carbocycles. The van der Waals surface area contributed by atoms with Gasteiger partial charge in [0.1, 0.15) is 0 Å². The first-order valence-electron chi connectivity index (χ1n) is 0.565. The Balaban J connectivity index is 3.51. The molecule has 4 heavy (non-hydrogen) atoms. The Hall–Kier alpha value is 0.629. The molecule has 1 unspecified atom stereocenters. The molecule has 0 aromatic rings. The van der Waals surface area contributed by atoms with E-state index < -0.39 is 9.00 Å². The van der Waals surface area contributed by atoms with Gasteiger partial charge >= 0.3 is 32.1 Å². The Morgan fingerprint density at radius 1 is 2.00 bits per heavy atom. The Bertz CT molecular complexity index is 54.4. The third-order valence-electron chi connectivity index (χ3n) is 0. The average molecular weight is 145 g/mol. The molecule has 2 nitrogen and oxygen atoms in total. The maximum absolute atomic E-state index is 9.09. The van der Waals surface area contributed by atoms with Gasteiger partial charge in [-0.1, -0.05) is 0 Å². The molecule has 4 heteroatoms. The molecule has 0 heterocycles. The van der Waals surface area contributed by atoms with Crippen LogP contribution in [-0.4, -0.2) is 23.1 Å². The van der Waals surface area contributed by atoms with E-state index in [1.54, 1.807) is 0 Å². The predicted molar refractivity (Wildman–Crippen MR) is 17.9 cm³/mol. The molecule has 0 amide bonds. The molecule has 1 atom stereocenters. The molecular formula is H2O2SSe. The van der Waals surface area contributed by atoms with E-state index in [1.165, 1.54) is 0 Å². The quantitative estimate of drug-likeness (QED) is 0.339. The monoisotopic (exact) mass is 146 g/mol. The van der Waals surface area contributed by atoms with Gasteiger partial charge in [0.25, 0.3) is 0 Å². The van der Waals surface area contributed by atoms with Crippen molar-refractivity contribution < 1.29 is 8.76 Å². The van der Waals surface area contributed by atoms with Gasteiger partial charge in [0.15, 0.2) is 0 Å². The molecule has 1 N–H and O–H groups in total. The van der Waals surface area contributed by atoms with Crippen LogP contribution in [0.3, 0.4) is 0 Å². The van der Waals surface area contributed by atoms with Crippen LogP contribution in [0, 0.1) is 0 Å². The molecule has 0 rings (SSSR count). The average Bonchev–Trinajstić information content (AvgIpc) is 0.811. The zero-order valence-electron chi connectivity index (χ0n) is 1.71. The molecule has 0 aromatic carbocycles. The van der Waals surface area contributed by atoms with Crippen LogP contribution in [0.4, 0.5) is 0 Å². The molecule has 0 saturated heterocycles. The second-order valence-electron chi connectivity index (χ2n) is 0.238. The third kappa shape index (κ3) is 17.6. The molecule has 0 aliphatic heterocycles. The molecule has 0 aliphatic rings. The van der Waals surface area contributed by atoms with E-state index in [-0.39, 0.29) is 0 Å². The van der Waals surface area contributed by atoms with E-state index in [0.717, 1.165) is 0 Å². The number of rotatable bonds is 0. The first-order valence-corrected chi connectivity index (χ1v) is 3.99. The van der Waals surface area contributed by atoms with Gasteiger partial charge in [0.2, 0.25) is 0 Å². The van der Waals surface area contributed by atoms with E-state index in [9.17, 15) is 0 Å². The second-order valence-corrected chi connectivity index (χ2v) is 2.68. The molecule has 0 radical (unpaired) electrons. The van der Waals surface area contributed by atoms with Gasteiger partial charge in [-0.25, -0.2) is 0 Å². The van der Waals surface area contributed by atoms with E-state index in [1.807, 2.05) is 14.4 Å². The summed E-state index contributed by atoms with van der Waals surface area (Å²) in [5.41, 5.74) is 0. The number of hydrogen-bond acceptors (Lipinski definition) is 1. The predicted octanol–water partition coefficient (Wildman–Crippen LogP) is -0.976. The summed E-state index contributed by atoms with van der Waals surface area (Å²) in [6.07, 6.45) is 0. The van der Waals surface area contributed by atoms with Crippen molar-refractivity contribution in [3.63, 3.8) is 0 Å². The van der Waals surface area contributed by atoms with Crippen molar-refractivity contribution in [2.75, 3.05) is 0 Å². The fourth-order valence-electron chi connectivity index (χ4n) is 0. The van der Waals surface area contributed by atoms with Crippen LogP contribution in [0.5, 0.6) is 0 Å². The molecule has 26 valence electrons. The van der Waals surface area contributed by atoms with Gasteiger partial charge in [0, 0.05) is 0 Å². The van der Waals surface area contributed by atoms with Gasteiger partial charge < -0.3 is 0 Å². The fourth-order valence-corrected chi connectivity index (χ4v) is 0. The summed E-state index contributed by atoms with van der Waals surface area (Å²) in [6.45, 7) is 0. The van der Waals surface area contributed by atoms with Crippen molar-refractivity contribution in [1.29, 1.82) is 0 Å². The summed E-state index contributed by atoms with van der Waals surface area (Å²) in [5, 5.41) is 0. The van der Waals surface area contributed by atoms with E-state index >= 15 is 0 Å². The van der Waals surface area contributed by atoms with E-state index in [0.29, 0.717) is 0 Å². The first kappa shape index (κ1) is 4.63. The van der Waals surface area contributed by atoms with Gasteiger partial charge in [-0.05, 0) is 0 Å². The minimum atomic E-state index is -2.00. The maximum atomic E-state index is 9.09. The Morgan fingerprint density at radius 3 is 2.00 bits per heavy atom. The summed E-state index contributed by atoms with van der Waals surface area (Å²) in [7, 11) is -2.00. The van der Waals surface area contributed by atoms with Crippen LogP contribution >= 0.6 is 0 Å². The third-order valence-corrected chi connectivity index (χ3v) is 0. The molecule has 0 spiro atoms.